The van der Waals surface area contributed by atoms with Crippen LogP contribution in [-0.2, 0) is 0 Å². The number of nitrogens with two attached hydrogens (primary N) is 1. The van der Waals surface area contributed by atoms with Gasteiger partial charge in [0.1, 0.15) is 10.7 Å². The number of aromatic nitrogens is 1. The number of nitrogens with zero attached hydrogens (tertiary/aromatic N) is 1. The molecule has 0 bridgehead atoms. The van der Waals surface area contributed by atoms with Crippen molar-refractivity contribution in [2.45, 2.75) is 26.7 Å². The highest BCUT2D eigenvalue weighted by Crippen LogP contribution is 2.44. The van der Waals surface area contributed by atoms with Crippen LogP contribution in [0.2, 0.25) is 0 Å². The fraction of sp³-hybridized carbons (Fsp3) is 0.636. The minimum absolute atomic E-state index is 0.114. The fourth-order valence-electron chi connectivity index (χ4n) is 1.49. The number of amides is 1. The third-order valence-corrected chi connectivity index (χ3v) is 3.99. The van der Waals surface area contributed by atoms with Crippen molar-refractivity contribution in [1.82, 2.24) is 10.3 Å². The molecule has 1 fully saturated rings. The first kappa shape index (κ1) is 12.2. The first-order chi connectivity index (χ1) is 8.04. The minimum Gasteiger partial charge on any atom is -0.382 e. The lowest BCUT2D eigenvalue weighted by atomic mass is 10.1. The van der Waals surface area contributed by atoms with Gasteiger partial charge in [0.25, 0.3) is 5.91 Å². The van der Waals surface area contributed by atoms with E-state index >= 15 is 0 Å². The second-order valence-corrected chi connectivity index (χ2v) is 5.76. The van der Waals surface area contributed by atoms with Gasteiger partial charge in [0.15, 0.2) is 5.13 Å². The van der Waals surface area contributed by atoms with E-state index in [0.29, 0.717) is 21.2 Å². The second kappa shape index (κ2) is 4.52. The largest absolute Gasteiger partial charge is 0.382 e. The Morgan fingerprint density at radius 2 is 2.29 bits per heavy atom. The van der Waals surface area contributed by atoms with E-state index in [2.05, 4.69) is 22.5 Å². The first-order valence-electron chi connectivity index (χ1n) is 5.82. The molecule has 0 unspecified atom stereocenters. The van der Waals surface area contributed by atoms with Crippen LogP contribution in [0.15, 0.2) is 0 Å². The van der Waals surface area contributed by atoms with Crippen LogP contribution in [0, 0.1) is 5.41 Å². The van der Waals surface area contributed by atoms with Crippen molar-refractivity contribution < 1.29 is 4.79 Å². The maximum atomic E-state index is 11.9. The van der Waals surface area contributed by atoms with Gasteiger partial charge in [-0.3, -0.25) is 4.79 Å². The quantitative estimate of drug-likeness (QED) is 0.747. The lowest BCUT2D eigenvalue weighted by Crippen LogP contribution is -2.28. The van der Waals surface area contributed by atoms with Gasteiger partial charge in [-0.2, -0.15) is 0 Å². The van der Waals surface area contributed by atoms with E-state index in [1.54, 1.807) is 0 Å². The Kier molecular flexibility index (Phi) is 3.24. The van der Waals surface area contributed by atoms with Crippen LogP contribution in [0.25, 0.3) is 0 Å². The Balaban J connectivity index is 1.97. The second-order valence-electron chi connectivity index (χ2n) is 4.76. The number of hydrogen-bond donors (Lipinski definition) is 3. The molecule has 5 nitrogen and oxygen atoms in total. The van der Waals surface area contributed by atoms with Gasteiger partial charge in [-0.05, 0) is 25.2 Å². The molecule has 94 valence electrons. The van der Waals surface area contributed by atoms with Crippen LogP contribution < -0.4 is 16.4 Å². The molecule has 0 saturated heterocycles. The van der Waals surface area contributed by atoms with Gasteiger partial charge in [0.2, 0.25) is 0 Å². The summed E-state index contributed by atoms with van der Waals surface area (Å²) < 4.78 is 0. The molecule has 0 radical (unpaired) electrons. The van der Waals surface area contributed by atoms with E-state index in [-0.39, 0.29) is 5.91 Å². The lowest BCUT2D eigenvalue weighted by Gasteiger charge is -2.08. The summed E-state index contributed by atoms with van der Waals surface area (Å²) in [5, 5.41) is 6.68. The van der Waals surface area contributed by atoms with Gasteiger partial charge in [0, 0.05) is 13.1 Å². The normalized spacial score (nSPS) is 16.6. The first-order valence-corrected chi connectivity index (χ1v) is 6.64. The molecule has 4 N–H and O–H groups in total. The molecule has 0 aliphatic heterocycles. The number of thiazole rings is 1. The Hall–Kier alpha value is -1.30. The molecule has 1 aromatic heterocycles. The zero-order chi connectivity index (χ0) is 12.5. The maximum absolute atomic E-state index is 11.9. The number of anilines is 2. The summed E-state index contributed by atoms with van der Waals surface area (Å²) >= 11 is 1.30. The van der Waals surface area contributed by atoms with E-state index < -0.39 is 0 Å². The molecule has 0 aromatic carbocycles. The number of rotatable bonds is 5. The van der Waals surface area contributed by atoms with Gasteiger partial charge in [-0.15, -0.1) is 0 Å². The van der Waals surface area contributed by atoms with Crippen molar-refractivity contribution in [1.29, 1.82) is 0 Å². The topological polar surface area (TPSA) is 80.0 Å². The highest BCUT2D eigenvalue weighted by molar-refractivity contribution is 7.18. The lowest BCUT2D eigenvalue weighted by molar-refractivity contribution is 0.0951. The van der Waals surface area contributed by atoms with Crippen LogP contribution in [0.5, 0.6) is 0 Å². The molecule has 1 aliphatic rings. The Labute approximate surface area is 105 Å². The Bertz CT molecular complexity index is 425. The van der Waals surface area contributed by atoms with Gasteiger partial charge >= 0.3 is 0 Å². The molecule has 1 amide bonds. The van der Waals surface area contributed by atoms with E-state index in [1.807, 2.05) is 6.92 Å². The summed E-state index contributed by atoms with van der Waals surface area (Å²) in [4.78, 5) is 16.5. The molecular weight excluding hydrogens is 236 g/mol. The van der Waals surface area contributed by atoms with Crippen LogP contribution in [0.3, 0.4) is 0 Å². The highest BCUT2D eigenvalue weighted by atomic mass is 32.1. The van der Waals surface area contributed by atoms with Crippen LogP contribution >= 0.6 is 11.3 Å². The molecule has 0 spiro atoms. The number of carbonyl (C=O) groups is 1. The summed E-state index contributed by atoms with van der Waals surface area (Å²) in [5.41, 5.74) is 6.03. The fourth-order valence-corrected chi connectivity index (χ4v) is 2.35. The summed E-state index contributed by atoms with van der Waals surface area (Å²) in [6.45, 7) is 5.64. The number of nitrogen functional groups attached to an aromatic ring is 1. The molecule has 1 heterocycles. The Morgan fingerprint density at radius 3 is 2.88 bits per heavy atom. The van der Waals surface area contributed by atoms with Crippen LogP contribution in [0.1, 0.15) is 36.4 Å². The molecule has 0 atom stereocenters. The van der Waals surface area contributed by atoms with Crippen molar-refractivity contribution in [2.24, 2.45) is 5.41 Å². The molecule has 1 saturated carbocycles. The van der Waals surface area contributed by atoms with Crippen LogP contribution in [-0.4, -0.2) is 24.0 Å². The third kappa shape index (κ3) is 2.88. The SMILES string of the molecule is CCNc1nc(N)c(C(=O)NCC2(C)CC2)s1. The van der Waals surface area contributed by atoms with Gasteiger partial charge in [-0.1, -0.05) is 18.3 Å². The number of hydrogen-bond acceptors (Lipinski definition) is 5. The maximum Gasteiger partial charge on any atom is 0.265 e. The average Bonchev–Trinajstić information content (AvgIpc) is 2.90. The zero-order valence-electron chi connectivity index (χ0n) is 10.2. The standard InChI is InChI=1S/C11H18N4OS/c1-3-13-10-15-8(12)7(17-10)9(16)14-6-11(2)4-5-11/h3-6,12H2,1-2H3,(H,13,15)(H,14,16). The van der Waals surface area contributed by atoms with Crippen molar-refractivity contribution in [2.75, 3.05) is 24.1 Å². The van der Waals surface area contributed by atoms with E-state index in [4.69, 9.17) is 5.73 Å². The molecule has 6 heteroatoms. The van der Waals surface area contributed by atoms with Crippen molar-refractivity contribution in [3.63, 3.8) is 0 Å². The van der Waals surface area contributed by atoms with Gasteiger partial charge < -0.3 is 16.4 Å². The summed E-state index contributed by atoms with van der Waals surface area (Å²) in [6.07, 6.45) is 2.38. The number of nitrogens with one attached hydrogen (secondary N) is 2. The third-order valence-electron chi connectivity index (χ3n) is 2.97. The van der Waals surface area contributed by atoms with Crippen molar-refractivity contribution in [3.05, 3.63) is 4.88 Å². The van der Waals surface area contributed by atoms with Crippen molar-refractivity contribution in [3.8, 4) is 0 Å². The molecular formula is C11H18N4OS. The minimum atomic E-state index is -0.114. The van der Waals surface area contributed by atoms with Gasteiger partial charge in [-0.25, -0.2) is 4.98 Å². The van der Waals surface area contributed by atoms with E-state index in [1.165, 1.54) is 24.2 Å². The smallest absolute Gasteiger partial charge is 0.265 e. The van der Waals surface area contributed by atoms with E-state index in [9.17, 15) is 4.79 Å². The summed E-state index contributed by atoms with van der Waals surface area (Å²) in [6, 6.07) is 0. The molecule has 1 aliphatic carbocycles. The highest BCUT2D eigenvalue weighted by Gasteiger charge is 2.37. The van der Waals surface area contributed by atoms with Crippen LogP contribution in [0.4, 0.5) is 10.9 Å². The van der Waals surface area contributed by atoms with Gasteiger partial charge in [0.05, 0.1) is 0 Å². The zero-order valence-corrected chi connectivity index (χ0v) is 11.0. The number of carbonyl (C=O) groups excluding carboxylic acids is 1. The predicted octanol–water partition coefficient (Wildman–Crippen LogP) is 1.69. The predicted molar refractivity (Wildman–Crippen MR) is 70.4 cm³/mol. The monoisotopic (exact) mass is 254 g/mol. The average molecular weight is 254 g/mol. The Morgan fingerprint density at radius 1 is 1.59 bits per heavy atom. The summed E-state index contributed by atoms with van der Waals surface area (Å²) in [5.74, 6) is 0.196. The summed E-state index contributed by atoms with van der Waals surface area (Å²) in [7, 11) is 0. The van der Waals surface area contributed by atoms with E-state index in [0.717, 1.165) is 13.1 Å². The molecule has 1 aromatic rings. The molecule has 2 rings (SSSR count). The molecule has 17 heavy (non-hydrogen) atoms. The van der Waals surface area contributed by atoms with Crippen molar-refractivity contribution >= 4 is 28.2 Å².